The highest BCUT2D eigenvalue weighted by molar-refractivity contribution is 6.29. The number of hydrogen-bond acceptors (Lipinski definition) is 6. The maximum Gasteiger partial charge on any atom is 0.283 e. The third kappa shape index (κ3) is 4.34. The zero-order chi connectivity index (χ0) is 22.7. The molecule has 3 aromatic rings. The lowest BCUT2D eigenvalue weighted by molar-refractivity contribution is 0.0531. The van der Waals surface area contributed by atoms with Gasteiger partial charge in [0.05, 0.1) is 5.56 Å². The Kier molecular flexibility index (Phi) is 6.45. The van der Waals surface area contributed by atoms with Crippen molar-refractivity contribution < 1.29 is 9.59 Å². The van der Waals surface area contributed by atoms with Crippen LogP contribution in [0.3, 0.4) is 0 Å². The highest BCUT2D eigenvalue weighted by Crippen LogP contribution is 2.13. The van der Waals surface area contributed by atoms with Crippen LogP contribution in [0.25, 0.3) is 11.2 Å². The van der Waals surface area contributed by atoms with Crippen molar-refractivity contribution in [1.29, 1.82) is 0 Å². The van der Waals surface area contributed by atoms with Crippen molar-refractivity contribution in [3.63, 3.8) is 0 Å². The van der Waals surface area contributed by atoms with Gasteiger partial charge in [-0.15, -0.1) is 0 Å². The van der Waals surface area contributed by atoms with Gasteiger partial charge in [-0.3, -0.25) is 19.0 Å². The van der Waals surface area contributed by atoms with E-state index in [2.05, 4.69) is 15.0 Å². The third-order valence-electron chi connectivity index (χ3n) is 5.47. The summed E-state index contributed by atoms with van der Waals surface area (Å²) in [5, 5.41) is 0.319. The highest BCUT2D eigenvalue weighted by Gasteiger charge is 2.28. The van der Waals surface area contributed by atoms with Gasteiger partial charge in [0.1, 0.15) is 10.7 Å². The van der Waals surface area contributed by atoms with Crippen molar-refractivity contribution >= 4 is 34.6 Å². The van der Waals surface area contributed by atoms with Crippen LogP contribution in [0.1, 0.15) is 40.6 Å². The van der Waals surface area contributed by atoms with Crippen molar-refractivity contribution in [2.24, 2.45) is 0 Å². The molecular formula is C22H23ClN6O3. The van der Waals surface area contributed by atoms with Gasteiger partial charge in [-0.05, 0) is 30.7 Å². The number of unbranched alkanes of at least 4 members (excludes halogenated alkanes) is 1. The van der Waals surface area contributed by atoms with Gasteiger partial charge in [-0.1, -0.05) is 24.9 Å². The lowest BCUT2D eigenvalue weighted by Crippen LogP contribution is -2.51. The number of aromatic nitrogens is 4. The number of nitrogens with zero attached hydrogens (tertiary/aromatic N) is 6. The first-order valence-electron chi connectivity index (χ1n) is 10.5. The van der Waals surface area contributed by atoms with Gasteiger partial charge < -0.3 is 9.80 Å². The maximum atomic E-state index is 13.2. The van der Waals surface area contributed by atoms with Gasteiger partial charge in [0.25, 0.3) is 17.4 Å². The number of carbonyl (C=O) groups is 2. The quantitative estimate of drug-likeness (QED) is 0.548. The first kappa shape index (κ1) is 21.9. The standard InChI is InChI=1S/C22H23ClN6O3/c1-2-3-9-29-19-16(5-4-8-24-19)26-18(22(29)32)21(31)28-12-10-27(11-13-28)20(30)15-6-7-17(23)25-14-15/h4-8,14H,2-3,9-13H2,1H3. The Labute approximate surface area is 189 Å². The molecule has 0 saturated carbocycles. The summed E-state index contributed by atoms with van der Waals surface area (Å²) in [6, 6.07) is 6.67. The van der Waals surface area contributed by atoms with Crippen LogP contribution in [-0.2, 0) is 6.54 Å². The van der Waals surface area contributed by atoms with Crippen LogP contribution in [0.4, 0.5) is 0 Å². The number of piperazine rings is 1. The van der Waals surface area contributed by atoms with Gasteiger partial charge in [0.2, 0.25) is 0 Å². The molecule has 0 atom stereocenters. The van der Waals surface area contributed by atoms with Crippen molar-refractivity contribution in [2.75, 3.05) is 26.2 Å². The van der Waals surface area contributed by atoms with Crippen LogP contribution >= 0.6 is 11.6 Å². The molecule has 166 valence electrons. The summed E-state index contributed by atoms with van der Waals surface area (Å²) in [5.41, 5.74) is 0.894. The SMILES string of the molecule is CCCCn1c(=O)c(C(=O)N2CCN(C(=O)c3ccc(Cl)nc3)CC2)nc2cccnc21. The number of amides is 2. The van der Waals surface area contributed by atoms with Crippen LogP contribution in [0, 0.1) is 0 Å². The summed E-state index contributed by atoms with van der Waals surface area (Å²) in [6.45, 7) is 3.84. The zero-order valence-electron chi connectivity index (χ0n) is 17.7. The van der Waals surface area contributed by atoms with Gasteiger partial charge >= 0.3 is 0 Å². The first-order chi connectivity index (χ1) is 15.5. The summed E-state index contributed by atoms with van der Waals surface area (Å²) in [7, 11) is 0. The minimum absolute atomic E-state index is 0.108. The molecule has 0 unspecified atom stereocenters. The predicted molar refractivity (Wildman–Crippen MR) is 120 cm³/mol. The number of hydrogen-bond donors (Lipinski definition) is 0. The molecule has 1 aliphatic heterocycles. The average Bonchev–Trinajstić information content (AvgIpc) is 2.83. The molecule has 3 aromatic heterocycles. The summed E-state index contributed by atoms with van der Waals surface area (Å²) in [4.78, 5) is 54.7. The normalized spacial score (nSPS) is 14.1. The number of halogens is 1. The predicted octanol–water partition coefficient (Wildman–Crippen LogP) is 2.24. The molecule has 1 saturated heterocycles. The average molecular weight is 455 g/mol. The smallest absolute Gasteiger partial charge is 0.283 e. The molecule has 0 bridgehead atoms. The molecule has 0 N–H and O–H groups in total. The van der Waals surface area contributed by atoms with Crippen molar-refractivity contribution in [2.45, 2.75) is 26.3 Å². The van der Waals surface area contributed by atoms with Crippen molar-refractivity contribution in [3.8, 4) is 0 Å². The van der Waals surface area contributed by atoms with Crippen LogP contribution in [0.5, 0.6) is 0 Å². The second-order valence-corrected chi connectivity index (χ2v) is 7.96. The Bertz CT molecular complexity index is 1200. The van der Waals surface area contributed by atoms with Crippen molar-refractivity contribution in [1.82, 2.24) is 29.3 Å². The van der Waals surface area contributed by atoms with E-state index in [9.17, 15) is 14.4 Å². The third-order valence-corrected chi connectivity index (χ3v) is 5.69. The Hall–Kier alpha value is -3.33. The van der Waals surface area contributed by atoms with Gasteiger partial charge in [-0.25, -0.2) is 15.0 Å². The number of aryl methyl sites for hydroxylation is 1. The maximum absolute atomic E-state index is 13.2. The van der Waals surface area contributed by atoms with Crippen LogP contribution < -0.4 is 5.56 Å². The lowest BCUT2D eigenvalue weighted by atomic mass is 10.2. The molecule has 4 heterocycles. The Morgan fingerprint density at radius 1 is 1.03 bits per heavy atom. The molecule has 0 radical (unpaired) electrons. The first-order valence-corrected chi connectivity index (χ1v) is 10.9. The summed E-state index contributed by atoms with van der Waals surface area (Å²) in [6.07, 6.45) is 4.75. The lowest BCUT2D eigenvalue weighted by Gasteiger charge is -2.34. The molecule has 2 amide bonds. The molecule has 1 fully saturated rings. The molecular weight excluding hydrogens is 432 g/mol. The summed E-state index contributed by atoms with van der Waals surface area (Å²) >= 11 is 5.79. The number of rotatable bonds is 5. The molecule has 0 spiro atoms. The number of pyridine rings is 2. The monoisotopic (exact) mass is 454 g/mol. The largest absolute Gasteiger partial charge is 0.335 e. The molecule has 9 nitrogen and oxygen atoms in total. The van der Waals surface area contributed by atoms with Crippen LogP contribution in [-0.4, -0.2) is 67.3 Å². The molecule has 0 aromatic carbocycles. The van der Waals surface area contributed by atoms with Crippen molar-refractivity contribution in [3.05, 3.63) is 63.4 Å². The number of carbonyl (C=O) groups excluding carboxylic acids is 2. The molecule has 0 aliphatic carbocycles. The van der Waals surface area contributed by atoms with Crippen LogP contribution in [0.2, 0.25) is 5.15 Å². The minimum Gasteiger partial charge on any atom is -0.335 e. The van der Waals surface area contributed by atoms with E-state index in [0.29, 0.717) is 54.6 Å². The molecule has 4 rings (SSSR count). The molecule has 10 heteroatoms. The fourth-order valence-electron chi connectivity index (χ4n) is 3.69. The second kappa shape index (κ2) is 9.44. The number of fused-ring (bicyclic) bond motifs is 1. The van der Waals surface area contributed by atoms with E-state index in [4.69, 9.17) is 11.6 Å². The Morgan fingerprint density at radius 3 is 2.41 bits per heavy atom. The van der Waals surface area contributed by atoms with E-state index in [0.717, 1.165) is 12.8 Å². The van der Waals surface area contributed by atoms with Gasteiger partial charge in [0, 0.05) is 45.1 Å². The van der Waals surface area contributed by atoms with Gasteiger partial charge in [-0.2, -0.15) is 0 Å². The fourth-order valence-corrected chi connectivity index (χ4v) is 3.80. The topological polar surface area (TPSA) is 101 Å². The van der Waals surface area contributed by atoms with E-state index in [1.165, 1.54) is 10.8 Å². The second-order valence-electron chi connectivity index (χ2n) is 7.57. The highest BCUT2D eigenvalue weighted by atomic mass is 35.5. The summed E-state index contributed by atoms with van der Waals surface area (Å²) in [5.74, 6) is -0.593. The van der Waals surface area contributed by atoms with Gasteiger partial charge in [0.15, 0.2) is 11.3 Å². The van der Waals surface area contributed by atoms with E-state index in [1.54, 1.807) is 40.3 Å². The summed E-state index contributed by atoms with van der Waals surface area (Å²) < 4.78 is 1.53. The van der Waals surface area contributed by atoms with E-state index < -0.39 is 11.5 Å². The fraction of sp³-hybridized carbons (Fsp3) is 0.364. The van der Waals surface area contributed by atoms with Crippen LogP contribution in [0.15, 0.2) is 41.5 Å². The van der Waals surface area contributed by atoms with E-state index in [1.807, 2.05) is 6.92 Å². The molecule has 32 heavy (non-hydrogen) atoms. The Balaban J connectivity index is 1.53. The molecule has 1 aliphatic rings. The Morgan fingerprint density at radius 2 is 1.75 bits per heavy atom. The zero-order valence-corrected chi connectivity index (χ0v) is 18.5. The van der Waals surface area contributed by atoms with E-state index >= 15 is 0 Å². The minimum atomic E-state index is -0.430. The van der Waals surface area contributed by atoms with E-state index in [-0.39, 0.29) is 11.6 Å².